The van der Waals surface area contributed by atoms with E-state index >= 15 is 0 Å². The van der Waals surface area contributed by atoms with E-state index in [-0.39, 0.29) is 6.61 Å². The molecule has 3 nitrogen and oxygen atoms in total. The van der Waals surface area contributed by atoms with E-state index in [0.29, 0.717) is 5.92 Å². The highest BCUT2D eigenvalue weighted by molar-refractivity contribution is 7.80. The Bertz CT molecular complexity index is 389. The van der Waals surface area contributed by atoms with Gasteiger partial charge in [-0.25, -0.2) is 0 Å². The van der Waals surface area contributed by atoms with Gasteiger partial charge < -0.3 is 14.9 Å². The standard InChI is InChI=1S/C14H20O3S/c15-9-11-8-12(18)1-2-13(11)14(16)7-10-3-5-17-6-4-10/h1-2,8,10,14-16,18H,3-7,9H2. The number of aliphatic hydroxyl groups is 2. The highest BCUT2D eigenvalue weighted by Gasteiger charge is 2.20. The number of hydrogen-bond acceptors (Lipinski definition) is 4. The summed E-state index contributed by atoms with van der Waals surface area (Å²) in [5.41, 5.74) is 1.59. The van der Waals surface area contributed by atoms with Crippen LogP contribution in [-0.2, 0) is 11.3 Å². The predicted octanol–water partition coefficient (Wildman–Crippen LogP) is 2.32. The number of thiol groups is 1. The maximum Gasteiger partial charge on any atom is 0.0796 e. The molecule has 1 heterocycles. The summed E-state index contributed by atoms with van der Waals surface area (Å²) in [5, 5.41) is 19.6. The number of benzene rings is 1. The van der Waals surface area contributed by atoms with Gasteiger partial charge in [-0.1, -0.05) is 6.07 Å². The Morgan fingerprint density at radius 2 is 2.06 bits per heavy atom. The van der Waals surface area contributed by atoms with Gasteiger partial charge in [-0.3, -0.25) is 0 Å². The number of rotatable bonds is 4. The van der Waals surface area contributed by atoms with Gasteiger partial charge in [0, 0.05) is 18.1 Å². The number of hydrogen-bond donors (Lipinski definition) is 3. The lowest BCUT2D eigenvalue weighted by atomic mass is 9.89. The van der Waals surface area contributed by atoms with E-state index in [1.54, 1.807) is 0 Å². The Hall–Kier alpha value is -0.550. The maximum absolute atomic E-state index is 10.3. The molecule has 0 saturated carbocycles. The summed E-state index contributed by atoms with van der Waals surface area (Å²) in [4.78, 5) is 0.807. The molecule has 1 fully saturated rings. The molecule has 1 unspecified atom stereocenters. The molecule has 0 bridgehead atoms. The predicted molar refractivity (Wildman–Crippen MR) is 72.7 cm³/mol. The van der Waals surface area contributed by atoms with E-state index in [1.807, 2.05) is 18.2 Å². The second kappa shape index (κ2) is 6.57. The highest BCUT2D eigenvalue weighted by atomic mass is 32.1. The lowest BCUT2D eigenvalue weighted by Gasteiger charge is -2.25. The average Bonchev–Trinajstić information content (AvgIpc) is 2.39. The van der Waals surface area contributed by atoms with Gasteiger partial charge in [0.05, 0.1) is 12.7 Å². The summed E-state index contributed by atoms with van der Waals surface area (Å²) >= 11 is 4.25. The third kappa shape index (κ3) is 3.48. The highest BCUT2D eigenvalue weighted by Crippen LogP contribution is 2.30. The molecule has 1 aromatic rings. The summed E-state index contributed by atoms with van der Waals surface area (Å²) in [6.07, 6.45) is 2.25. The van der Waals surface area contributed by atoms with Gasteiger partial charge in [-0.2, -0.15) is 0 Å². The van der Waals surface area contributed by atoms with Crippen molar-refractivity contribution in [3.8, 4) is 0 Å². The Morgan fingerprint density at radius 1 is 1.33 bits per heavy atom. The molecule has 100 valence electrons. The van der Waals surface area contributed by atoms with Crippen molar-refractivity contribution < 1.29 is 14.9 Å². The topological polar surface area (TPSA) is 49.7 Å². The van der Waals surface area contributed by atoms with Crippen molar-refractivity contribution in [1.29, 1.82) is 0 Å². The Kier molecular flexibility index (Phi) is 5.06. The van der Waals surface area contributed by atoms with E-state index < -0.39 is 6.10 Å². The number of ether oxygens (including phenoxy) is 1. The molecular weight excluding hydrogens is 248 g/mol. The third-order valence-corrected chi connectivity index (χ3v) is 3.83. The van der Waals surface area contributed by atoms with Crippen LogP contribution in [0.15, 0.2) is 23.1 Å². The van der Waals surface area contributed by atoms with Gasteiger partial charge in [-0.05, 0) is 48.4 Å². The fraction of sp³-hybridized carbons (Fsp3) is 0.571. The molecule has 1 aromatic carbocycles. The molecule has 0 radical (unpaired) electrons. The fourth-order valence-corrected chi connectivity index (χ4v) is 2.71. The van der Waals surface area contributed by atoms with Crippen molar-refractivity contribution in [3.05, 3.63) is 29.3 Å². The van der Waals surface area contributed by atoms with Gasteiger partial charge in [0.25, 0.3) is 0 Å². The minimum absolute atomic E-state index is 0.0609. The van der Waals surface area contributed by atoms with Crippen LogP contribution in [0.3, 0.4) is 0 Å². The molecule has 1 aliphatic rings. The molecule has 0 spiro atoms. The summed E-state index contributed by atoms with van der Waals surface area (Å²) in [6, 6.07) is 5.52. The zero-order valence-corrected chi connectivity index (χ0v) is 11.3. The van der Waals surface area contributed by atoms with Gasteiger partial charge in [-0.15, -0.1) is 12.6 Å². The summed E-state index contributed by atoms with van der Waals surface area (Å²) in [6.45, 7) is 1.52. The summed E-state index contributed by atoms with van der Waals surface area (Å²) < 4.78 is 5.32. The Morgan fingerprint density at radius 3 is 2.72 bits per heavy atom. The van der Waals surface area contributed by atoms with Crippen molar-refractivity contribution in [2.24, 2.45) is 5.92 Å². The SMILES string of the molecule is OCc1cc(S)ccc1C(O)CC1CCOCC1. The lowest BCUT2D eigenvalue weighted by Crippen LogP contribution is -2.18. The largest absolute Gasteiger partial charge is 0.392 e. The Labute approximate surface area is 113 Å². The molecule has 0 amide bonds. The minimum atomic E-state index is -0.510. The molecule has 1 aliphatic heterocycles. The molecule has 2 N–H and O–H groups in total. The average molecular weight is 268 g/mol. The van der Waals surface area contributed by atoms with Gasteiger partial charge in [0.15, 0.2) is 0 Å². The molecule has 1 atom stereocenters. The van der Waals surface area contributed by atoms with E-state index in [2.05, 4.69) is 12.6 Å². The maximum atomic E-state index is 10.3. The van der Waals surface area contributed by atoms with E-state index in [1.165, 1.54) is 0 Å². The first-order valence-electron chi connectivity index (χ1n) is 6.39. The van der Waals surface area contributed by atoms with Crippen LogP contribution in [0.4, 0.5) is 0 Å². The first kappa shape index (κ1) is 13.9. The third-order valence-electron chi connectivity index (χ3n) is 3.55. The monoisotopic (exact) mass is 268 g/mol. The van der Waals surface area contributed by atoms with Crippen molar-refractivity contribution in [2.75, 3.05) is 13.2 Å². The second-order valence-corrected chi connectivity index (χ2v) is 5.36. The number of aliphatic hydroxyl groups excluding tert-OH is 2. The molecule has 2 rings (SSSR count). The molecule has 1 saturated heterocycles. The fourth-order valence-electron chi connectivity index (χ4n) is 2.48. The van der Waals surface area contributed by atoms with Crippen molar-refractivity contribution >= 4 is 12.6 Å². The quantitative estimate of drug-likeness (QED) is 0.735. The van der Waals surface area contributed by atoms with Crippen LogP contribution in [0.2, 0.25) is 0 Å². The van der Waals surface area contributed by atoms with Crippen LogP contribution in [0, 0.1) is 5.92 Å². The van der Waals surface area contributed by atoms with Crippen LogP contribution < -0.4 is 0 Å². The van der Waals surface area contributed by atoms with Gasteiger partial charge >= 0.3 is 0 Å². The van der Waals surface area contributed by atoms with Crippen molar-refractivity contribution in [1.82, 2.24) is 0 Å². The van der Waals surface area contributed by atoms with Crippen LogP contribution in [-0.4, -0.2) is 23.4 Å². The molecule has 0 aliphatic carbocycles. The van der Waals surface area contributed by atoms with Crippen molar-refractivity contribution in [2.45, 2.75) is 36.9 Å². The molecule has 18 heavy (non-hydrogen) atoms. The molecule has 4 heteroatoms. The first-order chi connectivity index (χ1) is 8.70. The second-order valence-electron chi connectivity index (χ2n) is 4.85. The normalized spacial score (nSPS) is 18.8. The minimum Gasteiger partial charge on any atom is -0.392 e. The summed E-state index contributed by atoms with van der Waals surface area (Å²) in [5.74, 6) is 0.510. The zero-order valence-electron chi connectivity index (χ0n) is 10.4. The van der Waals surface area contributed by atoms with Crippen molar-refractivity contribution in [3.63, 3.8) is 0 Å². The molecular formula is C14H20O3S. The van der Waals surface area contributed by atoms with Crippen LogP contribution in [0.25, 0.3) is 0 Å². The zero-order chi connectivity index (χ0) is 13.0. The van der Waals surface area contributed by atoms with Crippen LogP contribution in [0.1, 0.15) is 36.5 Å². The van der Waals surface area contributed by atoms with E-state index in [0.717, 1.165) is 48.5 Å². The first-order valence-corrected chi connectivity index (χ1v) is 6.84. The summed E-state index contributed by atoms with van der Waals surface area (Å²) in [7, 11) is 0. The van der Waals surface area contributed by atoms with E-state index in [9.17, 15) is 10.2 Å². The van der Waals surface area contributed by atoms with Gasteiger partial charge in [0.2, 0.25) is 0 Å². The van der Waals surface area contributed by atoms with Crippen LogP contribution in [0.5, 0.6) is 0 Å². The van der Waals surface area contributed by atoms with Crippen LogP contribution >= 0.6 is 12.6 Å². The smallest absolute Gasteiger partial charge is 0.0796 e. The van der Waals surface area contributed by atoms with Gasteiger partial charge in [0.1, 0.15) is 0 Å². The molecule has 0 aromatic heterocycles. The lowest BCUT2D eigenvalue weighted by molar-refractivity contribution is 0.0431. The van der Waals surface area contributed by atoms with E-state index in [4.69, 9.17) is 4.74 Å². The Balaban J connectivity index is 2.05.